The van der Waals surface area contributed by atoms with E-state index in [1.54, 1.807) is 18.5 Å². The molecule has 0 saturated heterocycles. The van der Waals surface area contributed by atoms with Crippen molar-refractivity contribution in [2.75, 3.05) is 5.73 Å². The van der Waals surface area contributed by atoms with E-state index in [1.807, 2.05) is 32.9 Å². The molecular weight excluding hydrogens is 254 g/mol. The number of nitrogens with one attached hydrogen (secondary N) is 1. The fourth-order valence-electron chi connectivity index (χ4n) is 1.79. The average molecular weight is 273 g/mol. The summed E-state index contributed by atoms with van der Waals surface area (Å²) in [5.41, 5.74) is 6.96. The summed E-state index contributed by atoms with van der Waals surface area (Å²) in [7, 11) is 0. The molecule has 2 aromatic rings. The fourth-order valence-corrected chi connectivity index (χ4v) is 1.79. The van der Waals surface area contributed by atoms with Gasteiger partial charge in [0.15, 0.2) is 5.82 Å². The molecule has 1 aromatic carbocycles. The minimum Gasteiger partial charge on any atom is -0.399 e. The van der Waals surface area contributed by atoms with E-state index in [-0.39, 0.29) is 18.0 Å². The topological polar surface area (TPSA) is 85.8 Å². The number of carbonyl (C=O) groups excluding carboxylic acids is 1. The number of nitrogens with zero attached hydrogens (tertiary/aromatic N) is 3. The highest BCUT2D eigenvalue weighted by molar-refractivity contribution is 5.76. The summed E-state index contributed by atoms with van der Waals surface area (Å²) in [4.78, 5) is 16.0. The van der Waals surface area contributed by atoms with Crippen molar-refractivity contribution in [1.29, 1.82) is 0 Å². The van der Waals surface area contributed by atoms with Crippen LogP contribution in [0, 0.1) is 0 Å². The maximum Gasteiger partial charge on any atom is 0.242 e. The third-order valence-corrected chi connectivity index (χ3v) is 2.50. The van der Waals surface area contributed by atoms with Crippen molar-refractivity contribution in [3.8, 4) is 11.4 Å². The quantitative estimate of drug-likeness (QED) is 0.829. The highest BCUT2D eigenvalue weighted by Gasteiger charge is 2.14. The number of nitrogen functional groups attached to an aromatic ring is 1. The molecule has 6 nitrogen and oxygen atoms in total. The minimum absolute atomic E-state index is 0.0958. The Morgan fingerprint density at radius 1 is 1.40 bits per heavy atom. The summed E-state index contributed by atoms with van der Waals surface area (Å²) in [5, 5.41) is 7.16. The molecule has 106 valence electrons. The van der Waals surface area contributed by atoms with Crippen LogP contribution in [0.15, 0.2) is 30.6 Å². The molecular formula is C14H19N5O. The van der Waals surface area contributed by atoms with Gasteiger partial charge in [-0.2, -0.15) is 5.10 Å². The first-order chi connectivity index (χ1) is 9.33. The third kappa shape index (κ3) is 3.81. The van der Waals surface area contributed by atoms with Gasteiger partial charge in [0.05, 0.1) is 0 Å². The number of nitrogens with two attached hydrogens (primary N) is 1. The highest BCUT2D eigenvalue weighted by atomic mass is 16.2. The molecule has 6 heteroatoms. The van der Waals surface area contributed by atoms with Gasteiger partial charge in [-0.25, -0.2) is 9.67 Å². The molecule has 0 aliphatic rings. The Morgan fingerprint density at radius 2 is 2.15 bits per heavy atom. The number of benzene rings is 1. The van der Waals surface area contributed by atoms with Gasteiger partial charge in [-0.15, -0.1) is 0 Å². The van der Waals surface area contributed by atoms with Gasteiger partial charge in [-0.05, 0) is 32.9 Å². The molecule has 1 amide bonds. The first-order valence-electron chi connectivity index (χ1n) is 6.40. The van der Waals surface area contributed by atoms with E-state index in [1.165, 1.54) is 4.68 Å². The number of rotatable bonds is 3. The molecule has 20 heavy (non-hydrogen) atoms. The molecule has 0 spiro atoms. The van der Waals surface area contributed by atoms with Gasteiger partial charge in [0.1, 0.15) is 12.9 Å². The maximum atomic E-state index is 11.8. The predicted molar refractivity (Wildman–Crippen MR) is 77.8 cm³/mol. The van der Waals surface area contributed by atoms with Gasteiger partial charge < -0.3 is 11.1 Å². The monoisotopic (exact) mass is 273 g/mol. The van der Waals surface area contributed by atoms with E-state index in [4.69, 9.17) is 5.73 Å². The molecule has 1 aromatic heterocycles. The molecule has 0 aliphatic carbocycles. The smallest absolute Gasteiger partial charge is 0.242 e. The molecule has 0 fully saturated rings. The van der Waals surface area contributed by atoms with Gasteiger partial charge in [0.2, 0.25) is 5.91 Å². The Hall–Kier alpha value is -2.37. The molecule has 1 heterocycles. The molecule has 0 aliphatic heterocycles. The summed E-state index contributed by atoms with van der Waals surface area (Å²) in [6.45, 7) is 5.95. The van der Waals surface area contributed by atoms with Gasteiger partial charge in [-0.1, -0.05) is 12.1 Å². The first kappa shape index (κ1) is 14.0. The van der Waals surface area contributed by atoms with Crippen molar-refractivity contribution in [3.05, 3.63) is 30.6 Å². The fraction of sp³-hybridized carbons (Fsp3) is 0.357. The summed E-state index contributed by atoms with van der Waals surface area (Å²) in [6.07, 6.45) is 1.54. The molecule has 0 unspecified atom stereocenters. The van der Waals surface area contributed by atoms with Crippen LogP contribution in [-0.2, 0) is 11.3 Å². The van der Waals surface area contributed by atoms with Crippen molar-refractivity contribution < 1.29 is 4.79 Å². The number of amides is 1. The van der Waals surface area contributed by atoms with Gasteiger partial charge in [0, 0.05) is 16.8 Å². The Kier molecular flexibility index (Phi) is 3.74. The van der Waals surface area contributed by atoms with Crippen LogP contribution < -0.4 is 11.1 Å². The number of aromatic nitrogens is 3. The third-order valence-electron chi connectivity index (χ3n) is 2.50. The number of carbonyl (C=O) groups is 1. The van der Waals surface area contributed by atoms with Crippen molar-refractivity contribution >= 4 is 11.6 Å². The molecule has 2 rings (SSSR count). The molecule has 0 atom stereocenters. The second-order valence-corrected chi connectivity index (χ2v) is 5.69. The molecule has 0 bridgehead atoms. The molecule has 0 radical (unpaired) electrons. The van der Waals surface area contributed by atoms with Crippen molar-refractivity contribution in [2.24, 2.45) is 0 Å². The second-order valence-electron chi connectivity index (χ2n) is 5.69. The number of hydrogen-bond donors (Lipinski definition) is 2. The Balaban J connectivity index is 2.08. The normalized spacial score (nSPS) is 11.3. The lowest BCUT2D eigenvalue weighted by Gasteiger charge is -2.20. The summed E-state index contributed by atoms with van der Waals surface area (Å²) in [6, 6.07) is 7.33. The van der Waals surface area contributed by atoms with Crippen LogP contribution >= 0.6 is 0 Å². The van der Waals surface area contributed by atoms with Crippen LogP contribution in [0.25, 0.3) is 11.4 Å². The van der Waals surface area contributed by atoms with Crippen LogP contribution in [0.5, 0.6) is 0 Å². The average Bonchev–Trinajstić information content (AvgIpc) is 2.74. The number of hydrogen-bond acceptors (Lipinski definition) is 4. The largest absolute Gasteiger partial charge is 0.399 e. The minimum atomic E-state index is -0.256. The highest BCUT2D eigenvalue weighted by Crippen LogP contribution is 2.16. The SMILES string of the molecule is CC(C)(C)NC(=O)Cn1cnc(-c2cccc(N)c2)n1. The van der Waals surface area contributed by atoms with Crippen molar-refractivity contribution in [1.82, 2.24) is 20.1 Å². The Morgan fingerprint density at radius 3 is 2.80 bits per heavy atom. The lowest BCUT2D eigenvalue weighted by Crippen LogP contribution is -2.42. The van der Waals surface area contributed by atoms with E-state index in [0.29, 0.717) is 11.5 Å². The van der Waals surface area contributed by atoms with E-state index in [9.17, 15) is 4.79 Å². The van der Waals surface area contributed by atoms with Gasteiger partial charge in [0.25, 0.3) is 0 Å². The number of anilines is 1. The lowest BCUT2D eigenvalue weighted by atomic mass is 10.1. The first-order valence-corrected chi connectivity index (χ1v) is 6.40. The standard InChI is InChI=1S/C14H19N5O/c1-14(2,3)17-12(20)8-19-9-16-13(18-19)10-5-4-6-11(15)7-10/h4-7,9H,8,15H2,1-3H3,(H,17,20). The van der Waals surface area contributed by atoms with Gasteiger partial charge in [-0.3, -0.25) is 4.79 Å². The van der Waals surface area contributed by atoms with Crippen LogP contribution in [0.2, 0.25) is 0 Å². The summed E-state index contributed by atoms with van der Waals surface area (Å²) in [5.74, 6) is 0.461. The van der Waals surface area contributed by atoms with E-state index < -0.39 is 0 Å². The summed E-state index contributed by atoms with van der Waals surface area (Å²) >= 11 is 0. The van der Waals surface area contributed by atoms with Crippen LogP contribution in [0.3, 0.4) is 0 Å². The zero-order valence-electron chi connectivity index (χ0n) is 11.9. The molecule has 3 N–H and O–H groups in total. The predicted octanol–water partition coefficient (Wildman–Crippen LogP) is 1.44. The maximum absolute atomic E-state index is 11.8. The zero-order valence-corrected chi connectivity index (χ0v) is 11.9. The Labute approximate surface area is 118 Å². The zero-order chi connectivity index (χ0) is 14.8. The van der Waals surface area contributed by atoms with E-state index in [0.717, 1.165) is 5.56 Å². The molecule has 0 saturated carbocycles. The Bertz CT molecular complexity index is 612. The lowest BCUT2D eigenvalue weighted by molar-refractivity contribution is -0.123. The van der Waals surface area contributed by atoms with Crippen LogP contribution in [-0.4, -0.2) is 26.2 Å². The van der Waals surface area contributed by atoms with Gasteiger partial charge >= 0.3 is 0 Å². The van der Waals surface area contributed by atoms with E-state index >= 15 is 0 Å². The van der Waals surface area contributed by atoms with Crippen molar-refractivity contribution in [2.45, 2.75) is 32.9 Å². The summed E-state index contributed by atoms with van der Waals surface area (Å²) < 4.78 is 1.51. The van der Waals surface area contributed by atoms with Crippen molar-refractivity contribution in [3.63, 3.8) is 0 Å². The van der Waals surface area contributed by atoms with Crippen LogP contribution in [0.1, 0.15) is 20.8 Å². The second kappa shape index (κ2) is 5.32. The van der Waals surface area contributed by atoms with E-state index in [2.05, 4.69) is 15.4 Å². The van der Waals surface area contributed by atoms with Crippen LogP contribution in [0.4, 0.5) is 5.69 Å².